The first-order valence-corrected chi connectivity index (χ1v) is 8.46. The van der Waals surface area contributed by atoms with Crippen molar-refractivity contribution in [2.24, 2.45) is 5.92 Å². The number of carbonyl (C=O) groups is 2. The van der Waals surface area contributed by atoms with Gasteiger partial charge < -0.3 is 18.9 Å². The van der Waals surface area contributed by atoms with Crippen molar-refractivity contribution < 1.29 is 19.1 Å². The summed E-state index contributed by atoms with van der Waals surface area (Å²) in [6, 6.07) is 2.85. The van der Waals surface area contributed by atoms with E-state index in [1.54, 1.807) is 9.47 Å². The van der Waals surface area contributed by atoms with Crippen LogP contribution < -0.4 is 5.56 Å². The lowest BCUT2D eigenvalue weighted by Gasteiger charge is -2.33. The SMILES string of the molecule is COC(=O)c1ccc(=O)n(CC2CCN(C(=O)OC(C)(C)C)CC2)c1. The highest BCUT2D eigenvalue weighted by molar-refractivity contribution is 5.88. The fourth-order valence-corrected chi connectivity index (χ4v) is 2.82. The third-order valence-corrected chi connectivity index (χ3v) is 4.13. The van der Waals surface area contributed by atoms with Gasteiger partial charge in [0.25, 0.3) is 5.56 Å². The summed E-state index contributed by atoms with van der Waals surface area (Å²) in [6.07, 6.45) is 2.81. The quantitative estimate of drug-likeness (QED) is 0.782. The zero-order chi connectivity index (χ0) is 18.6. The molecule has 1 saturated heterocycles. The zero-order valence-electron chi connectivity index (χ0n) is 15.3. The van der Waals surface area contributed by atoms with E-state index in [1.807, 2.05) is 20.8 Å². The molecule has 25 heavy (non-hydrogen) atoms. The number of likely N-dealkylation sites (tertiary alicyclic amines) is 1. The molecule has 0 aromatic carbocycles. The molecule has 1 aliphatic heterocycles. The van der Waals surface area contributed by atoms with Crippen LogP contribution in [0.1, 0.15) is 44.0 Å². The van der Waals surface area contributed by atoms with E-state index in [1.165, 1.54) is 25.4 Å². The minimum Gasteiger partial charge on any atom is -0.465 e. The second-order valence-electron chi connectivity index (χ2n) is 7.31. The van der Waals surface area contributed by atoms with Crippen LogP contribution in [0.25, 0.3) is 0 Å². The number of piperidine rings is 1. The Morgan fingerprint density at radius 3 is 2.40 bits per heavy atom. The number of hydrogen-bond acceptors (Lipinski definition) is 5. The van der Waals surface area contributed by atoms with E-state index in [4.69, 9.17) is 4.74 Å². The standard InChI is InChI=1S/C18H26N2O5/c1-18(2,3)25-17(23)19-9-7-13(8-10-19)11-20-12-14(16(22)24-4)5-6-15(20)21/h5-6,12-13H,7-11H2,1-4H3. The van der Waals surface area contributed by atoms with Gasteiger partial charge in [0.05, 0.1) is 12.7 Å². The summed E-state index contributed by atoms with van der Waals surface area (Å²) in [5, 5.41) is 0. The van der Waals surface area contributed by atoms with Gasteiger partial charge in [-0.1, -0.05) is 0 Å². The molecule has 1 amide bonds. The number of nitrogens with zero attached hydrogens (tertiary/aromatic N) is 2. The Balaban J connectivity index is 1.95. The van der Waals surface area contributed by atoms with Crippen molar-refractivity contribution >= 4 is 12.1 Å². The van der Waals surface area contributed by atoms with Crippen molar-refractivity contribution in [3.05, 3.63) is 34.2 Å². The van der Waals surface area contributed by atoms with Crippen LogP contribution in [-0.4, -0.2) is 47.3 Å². The van der Waals surface area contributed by atoms with Crippen molar-refractivity contribution in [3.8, 4) is 0 Å². The Kier molecular flexibility index (Phi) is 5.87. The predicted molar refractivity (Wildman–Crippen MR) is 92.6 cm³/mol. The van der Waals surface area contributed by atoms with E-state index >= 15 is 0 Å². The predicted octanol–water partition coefficient (Wildman–Crippen LogP) is 2.28. The van der Waals surface area contributed by atoms with Crippen LogP contribution in [0, 0.1) is 5.92 Å². The van der Waals surface area contributed by atoms with Crippen LogP contribution in [0.5, 0.6) is 0 Å². The molecule has 1 aromatic rings. The Morgan fingerprint density at radius 2 is 1.84 bits per heavy atom. The molecule has 7 nitrogen and oxygen atoms in total. The van der Waals surface area contributed by atoms with Crippen molar-refractivity contribution in [1.82, 2.24) is 9.47 Å². The molecule has 7 heteroatoms. The third kappa shape index (κ3) is 5.34. The fraction of sp³-hybridized carbons (Fsp3) is 0.611. The highest BCUT2D eigenvalue weighted by Crippen LogP contribution is 2.21. The molecule has 2 heterocycles. The van der Waals surface area contributed by atoms with Gasteiger partial charge >= 0.3 is 12.1 Å². The maximum Gasteiger partial charge on any atom is 0.410 e. The van der Waals surface area contributed by atoms with Crippen molar-refractivity contribution in [2.75, 3.05) is 20.2 Å². The maximum atomic E-state index is 12.1. The highest BCUT2D eigenvalue weighted by Gasteiger charge is 2.27. The van der Waals surface area contributed by atoms with E-state index in [-0.39, 0.29) is 17.6 Å². The Morgan fingerprint density at radius 1 is 1.20 bits per heavy atom. The second-order valence-corrected chi connectivity index (χ2v) is 7.31. The number of rotatable bonds is 3. The van der Waals surface area contributed by atoms with Crippen LogP contribution in [0.3, 0.4) is 0 Å². The number of aromatic nitrogens is 1. The van der Waals surface area contributed by atoms with E-state index in [0.29, 0.717) is 25.2 Å². The van der Waals surface area contributed by atoms with E-state index in [0.717, 1.165) is 12.8 Å². The van der Waals surface area contributed by atoms with Gasteiger partial charge in [-0.15, -0.1) is 0 Å². The van der Waals surface area contributed by atoms with Gasteiger partial charge in [-0.3, -0.25) is 4.79 Å². The Hall–Kier alpha value is -2.31. The summed E-state index contributed by atoms with van der Waals surface area (Å²) < 4.78 is 11.6. The number of ether oxygens (including phenoxy) is 2. The van der Waals surface area contributed by atoms with Crippen LogP contribution >= 0.6 is 0 Å². The first-order valence-electron chi connectivity index (χ1n) is 8.46. The van der Waals surface area contributed by atoms with Gasteiger partial charge in [0.1, 0.15) is 5.60 Å². The number of esters is 1. The number of pyridine rings is 1. The number of carbonyl (C=O) groups excluding carboxylic acids is 2. The molecule has 0 saturated carbocycles. The van der Waals surface area contributed by atoms with Gasteiger partial charge in [-0.05, 0) is 45.6 Å². The molecule has 0 spiro atoms. The summed E-state index contributed by atoms with van der Waals surface area (Å²) in [5.74, 6) is -0.197. The summed E-state index contributed by atoms with van der Waals surface area (Å²) in [7, 11) is 1.31. The molecule has 0 atom stereocenters. The van der Waals surface area contributed by atoms with Gasteiger partial charge in [-0.2, -0.15) is 0 Å². The molecule has 0 radical (unpaired) electrons. The van der Waals surface area contributed by atoms with Gasteiger partial charge in [-0.25, -0.2) is 9.59 Å². The molecular formula is C18H26N2O5. The van der Waals surface area contributed by atoms with Crippen molar-refractivity contribution in [1.29, 1.82) is 0 Å². The number of amides is 1. The molecule has 0 unspecified atom stereocenters. The van der Waals surface area contributed by atoms with E-state index < -0.39 is 11.6 Å². The molecule has 0 bridgehead atoms. The van der Waals surface area contributed by atoms with Gasteiger partial charge in [0, 0.05) is 31.9 Å². The van der Waals surface area contributed by atoms with Crippen LogP contribution in [0.15, 0.2) is 23.1 Å². The molecule has 1 aliphatic rings. The van der Waals surface area contributed by atoms with Crippen molar-refractivity contribution in [2.45, 2.75) is 45.8 Å². The fourth-order valence-electron chi connectivity index (χ4n) is 2.82. The Labute approximate surface area is 147 Å². The summed E-state index contributed by atoms with van der Waals surface area (Å²) in [4.78, 5) is 37.4. The lowest BCUT2D eigenvalue weighted by Crippen LogP contribution is -2.42. The summed E-state index contributed by atoms with van der Waals surface area (Å²) in [5.41, 5.74) is -0.300. The topological polar surface area (TPSA) is 77.8 Å². The van der Waals surface area contributed by atoms with Gasteiger partial charge in [0.2, 0.25) is 0 Å². The summed E-state index contributed by atoms with van der Waals surface area (Å²) >= 11 is 0. The molecule has 1 aromatic heterocycles. The molecule has 0 aliphatic carbocycles. The lowest BCUT2D eigenvalue weighted by molar-refractivity contribution is 0.0177. The monoisotopic (exact) mass is 350 g/mol. The maximum absolute atomic E-state index is 12.1. The molecule has 0 N–H and O–H groups in total. The number of methoxy groups -OCH3 is 1. The van der Waals surface area contributed by atoms with Gasteiger partial charge in [0.15, 0.2) is 0 Å². The normalized spacial score (nSPS) is 15.8. The molecule has 138 valence electrons. The first-order chi connectivity index (χ1) is 11.7. The van der Waals surface area contributed by atoms with Crippen molar-refractivity contribution in [3.63, 3.8) is 0 Å². The summed E-state index contributed by atoms with van der Waals surface area (Å²) in [6.45, 7) is 7.26. The van der Waals surface area contributed by atoms with Crippen LogP contribution in [0.4, 0.5) is 4.79 Å². The number of hydrogen-bond donors (Lipinski definition) is 0. The smallest absolute Gasteiger partial charge is 0.410 e. The first kappa shape index (κ1) is 19.0. The van der Waals surface area contributed by atoms with E-state index in [2.05, 4.69) is 4.74 Å². The lowest BCUT2D eigenvalue weighted by atomic mass is 9.97. The van der Waals surface area contributed by atoms with E-state index in [9.17, 15) is 14.4 Å². The minimum atomic E-state index is -0.504. The minimum absolute atomic E-state index is 0.151. The second kappa shape index (κ2) is 7.72. The molecular weight excluding hydrogens is 324 g/mol. The van der Waals surface area contributed by atoms with Crippen LogP contribution in [-0.2, 0) is 16.0 Å². The largest absolute Gasteiger partial charge is 0.465 e. The zero-order valence-corrected chi connectivity index (χ0v) is 15.3. The average molecular weight is 350 g/mol. The average Bonchev–Trinajstić information content (AvgIpc) is 2.55. The molecule has 2 rings (SSSR count). The third-order valence-electron chi connectivity index (χ3n) is 4.13. The Bertz CT molecular complexity index is 681. The van der Waals surface area contributed by atoms with Crippen LogP contribution in [0.2, 0.25) is 0 Å². The highest BCUT2D eigenvalue weighted by atomic mass is 16.6. The molecule has 1 fully saturated rings.